The number of nitrogens with one attached hydrogen (secondary N) is 1. The molecule has 0 saturated heterocycles. The molecule has 0 aliphatic heterocycles. The number of hydrogen-bond acceptors (Lipinski definition) is 2. The molecule has 1 rings (SSSR count). The first-order valence-electron chi connectivity index (χ1n) is 5.32. The van der Waals surface area contributed by atoms with E-state index in [0.29, 0.717) is 12.5 Å². The van der Waals surface area contributed by atoms with Crippen LogP contribution in [0.1, 0.15) is 39.4 Å². The van der Waals surface area contributed by atoms with Crippen LogP contribution in [0.15, 0.2) is 12.3 Å². The molecule has 0 unspecified atom stereocenters. The molecule has 0 aliphatic carbocycles. The summed E-state index contributed by atoms with van der Waals surface area (Å²) < 4.78 is 1.86. The van der Waals surface area contributed by atoms with Crippen molar-refractivity contribution in [2.45, 2.75) is 46.2 Å². The van der Waals surface area contributed by atoms with Gasteiger partial charge >= 0.3 is 0 Å². The molecule has 0 radical (unpaired) electrons. The average molecular weight is 209 g/mol. The fraction of sp³-hybridized carbons (Fsp3) is 0.636. The van der Waals surface area contributed by atoms with Gasteiger partial charge in [0.05, 0.1) is 12.1 Å². The van der Waals surface area contributed by atoms with Gasteiger partial charge in [-0.2, -0.15) is 5.10 Å². The maximum Gasteiger partial charge on any atom is 0.226 e. The largest absolute Gasteiger partial charge is 0.354 e. The standard InChI is InChI=1S/C11H19N3O/c1-8(2)12-11(15)7-10-5-6-14(13-10)9(3)4/h5-6,8-9H,7H2,1-4H3,(H,12,15). The molecule has 0 aliphatic rings. The summed E-state index contributed by atoms with van der Waals surface area (Å²) in [5.41, 5.74) is 0.821. The number of carbonyl (C=O) groups excluding carboxylic acids is 1. The summed E-state index contributed by atoms with van der Waals surface area (Å²) >= 11 is 0. The van der Waals surface area contributed by atoms with E-state index in [1.54, 1.807) is 0 Å². The normalized spacial score (nSPS) is 11.1. The van der Waals surface area contributed by atoms with Crippen molar-refractivity contribution >= 4 is 5.91 Å². The lowest BCUT2D eigenvalue weighted by atomic mass is 10.3. The number of amides is 1. The lowest BCUT2D eigenvalue weighted by Crippen LogP contribution is -2.31. The van der Waals surface area contributed by atoms with Gasteiger partial charge in [-0.15, -0.1) is 0 Å². The zero-order chi connectivity index (χ0) is 11.4. The molecule has 0 aromatic carbocycles. The molecule has 0 bridgehead atoms. The fourth-order valence-electron chi connectivity index (χ4n) is 1.30. The van der Waals surface area contributed by atoms with Crippen LogP contribution in [0.5, 0.6) is 0 Å². The Hall–Kier alpha value is -1.32. The van der Waals surface area contributed by atoms with Gasteiger partial charge in [-0.3, -0.25) is 9.48 Å². The van der Waals surface area contributed by atoms with E-state index >= 15 is 0 Å². The van der Waals surface area contributed by atoms with E-state index < -0.39 is 0 Å². The topological polar surface area (TPSA) is 46.9 Å². The quantitative estimate of drug-likeness (QED) is 0.817. The van der Waals surface area contributed by atoms with Crippen LogP contribution in [0.4, 0.5) is 0 Å². The molecule has 1 N–H and O–H groups in total. The summed E-state index contributed by atoms with van der Waals surface area (Å²) in [6, 6.07) is 2.41. The molecule has 0 fully saturated rings. The van der Waals surface area contributed by atoms with Crippen molar-refractivity contribution in [3.63, 3.8) is 0 Å². The maximum absolute atomic E-state index is 11.4. The van der Waals surface area contributed by atoms with Crippen molar-refractivity contribution < 1.29 is 4.79 Å². The summed E-state index contributed by atoms with van der Waals surface area (Å²) in [5, 5.41) is 7.15. The second kappa shape index (κ2) is 4.96. The van der Waals surface area contributed by atoms with E-state index in [1.165, 1.54) is 0 Å². The Labute approximate surface area is 90.7 Å². The molecule has 1 aromatic heterocycles. The van der Waals surface area contributed by atoms with Gasteiger partial charge in [0.15, 0.2) is 0 Å². The highest BCUT2D eigenvalue weighted by atomic mass is 16.1. The molecule has 0 spiro atoms. The van der Waals surface area contributed by atoms with Gasteiger partial charge in [0.1, 0.15) is 0 Å². The lowest BCUT2D eigenvalue weighted by Gasteiger charge is -2.07. The van der Waals surface area contributed by atoms with Crippen molar-refractivity contribution in [2.24, 2.45) is 0 Å². The summed E-state index contributed by atoms with van der Waals surface area (Å²) in [7, 11) is 0. The van der Waals surface area contributed by atoms with E-state index in [4.69, 9.17) is 0 Å². The third-order valence-corrected chi connectivity index (χ3v) is 1.98. The Bertz CT molecular complexity index is 328. The summed E-state index contributed by atoms with van der Waals surface area (Å²) in [6.45, 7) is 8.02. The van der Waals surface area contributed by atoms with Crippen molar-refractivity contribution in [2.75, 3.05) is 0 Å². The number of hydrogen-bond donors (Lipinski definition) is 1. The van der Waals surface area contributed by atoms with Crippen LogP contribution in [0.2, 0.25) is 0 Å². The van der Waals surface area contributed by atoms with Crippen LogP contribution < -0.4 is 5.32 Å². The molecule has 84 valence electrons. The Balaban J connectivity index is 2.53. The minimum Gasteiger partial charge on any atom is -0.354 e. The predicted molar refractivity (Wildman–Crippen MR) is 59.6 cm³/mol. The van der Waals surface area contributed by atoms with Gasteiger partial charge in [-0.05, 0) is 33.8 Å². The molecule has 0 atom stereocenters. The highest BCUT2D eigenvalue weighted by Crippen LogP contribution is 2.04. The monoisotopic (exact) mass is 209 g/mol. The number of nitrogens with zero attached hydrogens (tertiary/aromatic N) is 2. The summed E-state index contributed by atoms with van der Waals surface area (Å²) in [4.78, 5) is 11.4. The molecule has 1 aromatic rings. The van der Waals surface area contributed by atoms with Crippen molar-refractivity contribution in [1.82, 2.24) is 15.1 Å². The van der Waals surface area contributed by atoms with E-state index in [9.17, 15) is 4.79 Å². The van der Waals surface area contributed by atoms with Crippen LogP contribution in [-0.2, 0) is 11.2 Å². The summed E-state index contributed by atoms with van der Waals surface area (Å²) in [6.07, 6.45) is 2.26. The van der Waals surface area contributed by atoms with Crippen LogP contribution >= 0.6 is 0 Å². The predicted octanol–water partition coefficient (Wildman–Crippen LogP) is 1.53. The molecule has 0 saturated carbocycles. The Kier molecular flexibility index (Phi) is 3.88. The molecule has 1 heterocycles. The Morgan fingerprint density at radius 3 is 2.60 bits per heavy atom. The number of carbonyl (C=O) groups is 1. The van der Waals surface area contributed by atoms with Crippen molar-refractivity contribution in [1.29, 1.82) is 0 Å². The highest BCUT2D eigenvalue weighted by Gasteiger charge is 2.08. The molecular formula is C11H19N3O. The lowest BCUT2D eigenvalue weighted by molar-refractivity contribution is -0.120. The molecule has 4 heteroatoms. The van der Waals surface area contributed by atoms with Gasteiger partial charge in [0, 0.05) is 18.3 Å². The van der Waals surface area contributed by atoms with Gasteiger partial charge < -0.3 is 5.32 Å². The van der Waals surface area contributed by atoms with Crippen molar-refractivity contribution in [3.8, 4) is 0 Å². The minimum atomic E-state index is 0.0269. The molecule has 1 amide bonds. The van der Waals surface area contributed by atoms with E-state index in [-0.39, 0.29) is 11.9 Å². The first-order chi connectivity index (χ1) is 6.99. The van der Waals surface area contributed by atoms with E-state index in [2.05, 4.69) is 24.3 Å². The zero-order valence-corrected chi connectivity index (χ0v) is 9.82. The minimum absolute atomic E-state index is 0.0269. The van der Waals surface area contributed by atoms with Crippen LogP contribution in [0, 0.1) is 0 Å². The number of rotatable bonds is 4. The van der Waals surface area contributed by atoms with Gasteiger partial charge in [-0.1, -0.05) is 0 Å². The van der Waals surface area contributed by atoms with Crippen LogP contribution in [0.3, 0.4) is 0 Å². The van der Waals surface area contributed by atoms with Crippen LogP contribution in [0.25, 0.3) is 0 Å². The molecule has 15 heavy (non-hydrogen) atoms. The Morgan fingerprint density at radius 1 is 1.47 bits per heavy atom. The first-order valence-corrected chi connectivity index (χ1v) is 5.32. The summed E-state index contributed by atoms with van der Waals surface area (Å²) in [5.74, 6) is 0.0269. The third-order valence-electron chi connectivity index (χ3n) is 1.98. The van der Waals surface area contributed by atoms with Crippen molar-refractivity contribution in [3.05, 3.63) is 18.0 Å². The highest BCUT2D eigenvalue weighted by molar-refractivity contribution is 5.78. The third kappa shape index (κ3) is 3.73. The second-order valence-electron chi connectivity index (χ2n) is 4.28. The Morgan fingerprint density at radius 2 is 2.13 bits per heavy atom. The van der Waals surface area contributed by atoms with E-state index in [0.717, 1.165) is 5.69 Å². The maximum atomic E-state index is 11.4. The van der Waals surface area contributed by atoms with Gasteiger partial charge in [-0.25, -0.2) is 0 Å². The molecule has 4 nitrogen and oxygen atoms in total. The SMILES string of the molecule is CC(C)NC(=O)Cc1ccn(C(C)C)n1. The van der Waals surface area contributed by atoms with E-state index in [1.807, 2.05) is 30.8 Å². The second-order valence-corrected chi connectivity index (χ2v) is 4.28. The fourth-order valence-corrected chi connectivity index (χ4v) is 1.30. The first kappa shape index (κ1) is 11.8. The zero-order valence-electron chi connectivity index (χ0n) is 9.82. The molecular weight excluding hydrogens is 190 g/mol. The smallest absolute Gasteiger partial charge is 0.226 e. The number of aromatic nitrogens is 2. The van der Waals surface area contributed by atoms with Crippen LogP contribution in [-0.4, -0.2) is 21.7 Å². The van der Waals surface area contributed by atoms with Gasteiger partial charge in [0.2, 0.25) is 5.91 Å². The van der Waals surface area contributed by atoms with Gasteiger partial charge in [0.25, 0.3) is 0 Å². The average Bonchev–Trinajstić information content (AvgIpc) is 2.50.